The highest BCUT2D eigenvalue weighted by molar-refractivity contribution is 7.92. The van der Waals surface area contributed by atoms with Crippen molar-refractivity contribution in [1.82, 2.24) is 0 Å². The predicted octanol–water partition coefficient (Wildman–Crippen LogP) is 3.73. The SMILES string of the molecule is O=S1(=O)c2ccccc2Nc2ccc3ccccc3c21. The van der Waals surface area contributed by atoms with Crippen LogP contribution in [0.4, 0.5) is 11.4 Å². The second-order valence-electron chi connectivity index (χ2n) is 4.79. The Hall–Kier alpha value is -2.33. The van der Waals surface area contributed by atoms with Crippen molar-refractivity contribution >= 4 is 32.0 Å². The van der Waals surface area contributed by atoms with Crippen LogP contribution < -0.4 is 5.32 Å². The molecule has 0 atom stereocenters. The van der Waals surface area contributed by atoms with Crippen LogP contribution in [0.3, 0.4) is 0 Å². The van der Waals surface area contributed by atoms with Gasteiger partial charge in [0.25, 0.3) is 0 Å². The van der Waals surface area contributed by atoms with Gasteiger partial charge in [0.2, 0.25) is 9.84 Å². The molecule has 0 bridgehead atoms. The van der Waals surface area contributed by atoms with Gasteiger partial charge in [0.05, 0.1) is 16.3 Å². The highest BCUT2D eigenvalue weighted by Crippen LogP contribution is 2.42. The van der Waals surface area contributed by atoms with Crippen molar-refractivity contribution in [3.63, 3.8) is 0 Å². The summed E-state index contributed by atoms with van der Waals surface area (Å²) in [5.41, 5.74) is 1.28. The third-order valence-corrected chi connectivity index (χ3v) is 5.51. The van der Waals surface area contributed by atoms with Crippen LogP contribution in [0.5, 0.6) is 0 Å². The zero-order chi connectivity index (χ0) is 13.7. The molecule has 1 heterocycles. The van der Waals surface area contributed by atoms with Gasteiger partial charge in [-0.2, -0.15) is 0 Å². The van der Waals surface area contributed by atoms with E-state index in [2.05, 4.69) is 5.32 Å². The second-order valence-corrected chi connectivity index (χ2v) is 6.64. The molecule has 4 heteroatoms. The van der Waals surface area contributed by atoms with E-state index in [1.54, 1.807) is 18.2 Å². The lowest BCUT2D eigenvalue weighted by molar-refractivity contribution is 0.596. The summed E-state index contributed by atoms with van der Waals surface area (Å²) < 4.78 is 25.7. The molecular weight excluding hydrogens is 270 g/mol. The minimum atomic E-state index is -3.49. The Morgan fingerprint density at radius 3 is 2.40 bits per heavy atom. The summed E-state index contributed by atoms with van der Waals surface area (Å²) in [6.07, 6.45) is 0. The van der Waals surface area contributed by atoms with Gasteiger partial charge in [-0.05, 0) is 23.6 Å². The second kappa shape index (κ2) is 3.84. The zero-order valence-electron chi connectivity index (χ0n) is 10.5. The molecule has 98 valence electrons. The van der Waals surface area contributed by atoms with Crippen molar-refractivity contribution in [1.29, 1.82) is 0 Å². The van der Waals surface area contributed by atoms with E-state index in [-0.39, 0.29) is 0 Å². The topological polar surface area (TPSA) is 46.2 Å². The summed E-state index contributed by atoms with van der Waals surface area (Å²) in [6.45, 7) is 0. The van der Waals surface area contributed by atoms with Gasteiger partial charge in [0.1, 0.15) is 4.90 Å². The highest BCUT2D eigenvalue weighted by atomic mass is 32.2. The molecule has 20 heavy (non-hydrogen) atoms. The third-order valence-electron chi connectivity index (χ3n) is 3.59. The molecule has 0 aliphatic carbocycles. The fourth-order valence-electron chi connectivity index (χ4n) is 2.69. The maximum atomic E-state index is 12.9. The van der Waals surface area contributed by atoms with Gasteiger partial charge < -0.3 is 5.32 Å². The number of hydrogen-bond acceptors (Lipinski definition) is 3. The van der Waals surface area contributed by atoms with Crippen molar-refractivity contribution < 1.29 is 8.42 Å². The molecule has 1 aliphatic heterocycles. The largest absolute Gasteiger partial charge is 0.353 e. The number of nitrogens with one attached hydrogen (secondary N) is 1. The van der Waals surface area contributed by atoms with E-state index in [4.69, 9.17) is 0 Å². The molecule has 3 aromatic carbocycles. The standard InChI is InChI=1S/C16H11NO2S/c18-20(19)15-8-4-3-7-13(15)17-14-10-9-11-5-1-2-6-12(11)16(14)20/h1-10,17H. The van der Waals surface area contributed by atoms with Crippen molar-refractivity contribution in [2.45, 2.75) is 9.79 Å². The van der Waals surface area contributed by atoms with E-state index in [1.807, 2.05) is 42.5 Å². The summed E-state index contributed by atoms with van der Waals surface area (Å²) >= 11 is 0. The Balaban J connectivity index is 2.16. The van der Waals surface area contributed by atoms with Gasteiger partial charge in [-0.3, -0.25) is 0 Å². The minimum absolute atomic E-state index is 0.337. The maximum absolute atomic E-state index is 12.9. The van der Waals surface area contributed by atoms with Gasteiger partial charge >= 0.3 is 0 Å². The molecule has 0 aromatic heterocycles. The van der Waals surface area contributed by atoms with E-state index >= 15 is 0 Å². The van der Waals surface area contributed by atoms with Crippen LogP contribution in [-0.4, -0.2) is 8.42 Å². The average Bonchev–Trinajstić information content (AvgIpc) is 2.46. The van der Waals surface area contributed by atoms with E-state index in [9.17, 15) is 8.42 Å². The Labute approximate surface area is 116 Å². The summed E-state index contributed by atoms with van der Waals surface area (Å²) in [5.74, 6) is 0. The number of hydrogen-bond donors (Lipinski definition) is 1. The average molecular weight is 281 g/mol. The first-order chi connectivity index (χ1) is 9.68. The van der Waals surface area contributed by atoms with Crippen molar-refractivity contribution in [3.8, 4) is 0 Å². The lowest BCUT2D eigenvalue weighted by Crippen LogP contribution is -2.14. The van der Waals surface area contributed by atoms with E-state index in [0.717, 1.165) is 10.8 Å². The molecule has 0 unspecified atom stereocenters. The van der Waals surface area contributed by atoms with Crippen LogP contribution in [0.25, 0.3) is 10.8 Å². The molecular formula is C16H11NO2S. The summed E-state index contributed by atoms with van der Waals surface area (Å²) in [6, 6.07) is 18.3. The molecule has 0 spiro atoms. The Morgan fingerprint density at radius 2 is 1.50 bits per heavy atom. The summed E-state index contributed by atoms with van der Waals surface area (Å²) in [7, 11) is -3.49. The quantitative estimate of drug-likeness (QED) is 0.534. The van der Waals surface area contributed by atoms with Gasteiger partial charge in [0.15, 0.2) is 0 Å². The minimum Gasteiger partial charge on any atom is -0.353 e. The van der Waals surface area contributed by atoms with Gasteiger partial charge in [-0.15, -0.1) is 0 Å². The van der Waals surface area contributed by atoms with E-state index in [1.165, 1.54) is 0 Å². The van der Waals surface area contributed by atoms with Gasteiger partial charge in [0, 0.05) is 5.39 Å². The monoisotopic (exact) mass is 281 g/mol. The smallest absolute Gasteiger partial charge is 0.211 e. The Morgan fingerprint density at radius 1 is 0.750 bits per heavy atom. The molecule has 3 nitrogen and oxygen atoms in total. The first kappa shape index (κ1) is 11.5. The van der Waals surface area contributed by atoms with Crippen LogP contribution in [0.2, 0.25) is 0 Å². The van der Waals surface area contributed by atoms with Crippen molar-refractivity contribution in [2.75, 3.05) is 5.32 Å². The molecule has 0 fully saturated rings. The fraction of sp³-hybridized carbons (Fsp3) is 0. The normalized spacial score (nSPS) is 15.2. The van der Waals surface area contributed by atoms with Gasteiger partial charge in [-0.25, -0.2) is 8.42 Å². The number of rotatable bonds is 0. The number of fused-ring (bicyclic) bond motifs is 4. The maximum Gasteiger partial charge on any atom is 0.211 e. The molecule has 1 aliphatic rings. The molecule has 0 saturated heterocycles. The van der Waals surface area contributed by atoms with Crippen LogP contribution in [0, 0.1) is 0 Å². The highest BCUT2D eigenvalue weighted by Gasteiger charge is 2.30. The number of anilines is 2. The summed E-state index contributed by atoms with van der Waals surface area (Å²) in [4.78, 5) is 0.707. The first-order valence-corrected chi connectivity index (χ1v) is 7.79. The lowest BCUT2D eigenvalue weighted by Gasteiger charge is -2.22. The first-order valence-electron chi connectivity index (χ1n) is 6.31. The van der Waals surface area contributed by atoms with Crippen molar-refractivity contribution in [3.05, 3.63) is 60.7 Å². The molecule has 0 radical (unpaired) electrons. The summed E-state index contributed by atoms with van der Waals surface area (Å²) in [5, 5.41) is 4.89. The van der Waals surface area contributed by atoms with Crippen LogP contribution in [0.1, 0.15) is 0 Å². The van der Waals surface area contributed by atoms with E-state index < -0.39 is 9.84 Å². The van der Waals surface area contributed by atoms with Crippen molar-refractivity contribution in [2.24, 2.45) is 0 Å². The fourth-order valence-corrected chi connectivity index (χ4v) is 4.46. The van der Waals surface area contributed by atoms with E-state index in [0.29, 0.717) is 21.2 Å². The van der Waals surface area contributed by atoms with Gasteiger partial charge in [-0.1, -0.05) is 42.5 Å². The number of benzene rings is 3. The molecule has 4 rings (SSSR count). The molecule has 0 saturated carbocycles. The Kier molecular flexibility index (Phi) is 2.20. The molecule has 0 amide bonds. The predicted molar refractivity (Wildman–Crippen MR) is 79.1 cm³/mol. The van der Waals surface area contributed by atoms with Crippen LogP contribution >= 0.6 is 0 Å². The molecule has 1 N–H and O–H groups in total. The molecule has 3 aromatic rings. The van der Waals surface area contributed by atoms with Crippen LogP contribution in [0.15, 0.2) is 70.5 Å². The number of sulfone groups is 1. The lowest BCUT2D eigenvalue weighted by atomic mass is 10.1. The van der Waals surface area contributed by atoms with Crippen LogP contribution in [-0.2, 0) is 9.84 Å². The zero-order valence-corrected chi connectivity index (χ0v) is 11.3. The third kappa shape index (κ3) is 1.42. The Bertz CT molecular complexity index is 946. The number of para-hydroxylation sites is 1.